The van der Waals surface area contributed by atoms with Crippen molar-refractivity contribution in [3.05, 3.63) is 0 Å². The smallest absolute Gasteiger partial charge is 0.223 e. The molecule has 0 aliphatic carbocycles. The van der Waals surface area contributed by atoms with Crippen LogP contribution in [0.25, 0.3) is 0 Å². The molecule has 1 amide bonds. The largest absolute Gasteiger partial charge is 0.343 e. The Labute approximate surface area is 125 Å². The Morgan fingerprint density at radius 3 is 2.25 bits per heavy atom. The highest BCUT2D eigenvalue weighted by atomic mass is 16.2. The molecule has 0 atom stereocenters. The molecule has 0 spiro atoms. The van der Waals surface area contributed by atoms with Gasteiger partial charge in [0.1, 0.15) is 0 Å². The maximum Gasteiger partial charge on any atom is 0.223 e. The summed E-state index contributed by atoms with van der Waals surface area (Å²) in [5.74, 6) is 0.340. The van der Waals surface area contributed by atoms with Crippen LogP contribution in [-0.2, 0) is 4.79 Å². The molecule has 1 aliphatic rings. The minimum atomic E-state index is 0.0938. The van der Waals surface area contributed by atoms with Gasteiger partial charge in [0.15, 0.2) is 0 Å². The van der Waals surface area contributed by atoms with Crippen molar-refractivity contribution in [2.75, 3.05) is 32.7 Å². The SMILES string of the molecule is CCCCN(CCCN1CCCC1)C(=O)CC(C)(C)C. The molecule has 0 unspecified atom stereocenters. The number of carbonyl (C=O) groups is 1. The summed E-state index contributed by atoms with van der Waals surface area (Å²) in [5.41, 5.74) is 0.0938. The summed E-state index contributed by atoms with van der Waals surface area (Å²) in [7, 11) is 0. The molecule has 1 heterocycles. The predicted octanol–water partition coefficient (Wildman–Crippen LogP) is 3.54. The normalized spacial score (nSPS) is 16.6. The lowest BCUT2D eigenvalue weighted by Gasteiger charge is -2.27. The fourth-order valence-corrected chi connectivity index (χ4v) is 2.77. The van der Waals surface area contributed by atoms with E-state index < -0.39 is 0 Å². The second-order valence-electron chi connectivity index (χ2n) is 7.37. The van der Waals surface area contributed by atoms with Crippen molar-refractivity contribution >= 4 is 5.91 Å². The van der Waals surface area contributed by atoms with Crippen molar-refractivity contribution in [3.63, 3.8) is 0 Å². The lowest BCUT2D eigenvalue weighted by molar-refractivity contribution is -0.133. The molecule has 0 aromatic carbocycles. The first kappa shape index (κ1) is 17.5. The highest BCUT2D eigenvalue weighted by Gasteiger charge is 2.21. The molecule has 1 aliphatic heterocycles. The third kappa shape index (κ3) is 7.28. The standard InChI is InChI=1S/C17H34N2O/c1-5-6-13-19(16(20)15-17(2,3)4)14-9-12-18-10-7-8-11-18/h5-15H2,1-4H3. The van der Waals surface area contributed by atoms with Gasteiger partial charge in [0.05, 0.1) is 0 Å². The lowest BCUT2D eigenvalue weighted by atomic mass is 9.91. The van der Waals surface area contributed by atoms with E-state index >= 15 is 0 Å². The molecular weight excluding hydrogens is 248 g/mol. The van der Waals surface area contributed by atoms with E-state index in [-0.39, 0.29) is 5.41 Å². The summed E-state index contributed by atoms with van der Waals surface area (Å²) >= 11 is 0. The van der Waals surface area contributed by atoms with Crippen LogP contribution in [0.1, 0.15) is 66.2 Å². The Morgan fingerprint density at radius 2 is 1.70 bits per heavy atom. The zero-order chi connectivity index (χ0) is 15.0. The Morgan fingerprint density at radius 1 is 1.10 bits per heavy atom. The molecular formula is C17H34N2O. The van der Waals surface area contributed by atoms with Gasteiger partial charge in [-0.05, 0) is 50.7 Å². The monoisotopic (exact) mass is 282 g/mol. The van der Waals surface area contributed by atoms with Crippen LogP contribution in [0.15, 0.2) is 0 Å². The molecule has 1 rings (SSSR count). The number of unbranched alkanes of at least 4 members (excludes halogenated alkanes) is 1. The lowest BCUT2D eigenvalue weighted by Crippen LogP contribution is -2.36. The first-order chi connectivity index (χ1) is 9.42. The Bertz CT molecular complexity index is 277. The summed E-state index contributed by atoms with van der Waals surface area (Å²) < 4.78 is 0. The van der Waals surface area contributed by atoms with Crippen LogP contribution in [0.5, 0.6) is 0 Å². The van der Waals surface area contributed by atoms with E-state index in [0.29, 0.717) is 12.3 Å². The summed E-state index contributed by atoms with van der Waals surface area (Å²) in [6, 6.07) is 0. The number of rotatable bonds is 8. The molecule has 0 radical (unpaired) electrons. The number of amides is 1. The van der Waals surface area contributed by atoms with E-state index in [4.69, 9.17) is 0 Å². The molecule has 3 heteroatoms. The Hall–Kier alpha value is -0.570. The number of hydrogen-bond acceptors (Lipinski definition) is 2. The van der Waals surface area contributed by atoms with Gasteiger partial charge in [-0.25, -0.2) is 0 Å². The second kappa shape index (κ2) is 8.66. The van der Waals surface area contributed by atoms with Gasteiger partial charge in [-0.15, -0.1) is 0 Å². The van der Waals surface area contributed by atoms with Crippen LogP contribution >= 0.6 is 0 Å². The molecule has 0 saturated carbocycles. The van der Waals surface area contributed by atoms with Gasteiger partial charge in [0.25, 0.3) is 0 Å². The zero-order valence-electron chi connectivity index (χ0n) is 14.1. The molecule has 1 saturated heterocycles. The molecule has 3 nitrogen and oxygen atoms in total. The maximum atomic E-state index is 12.4. The number of nitrogens with zero attached hydrogens (tertiary/aromatic N) is 2. The van der Waals surface area contributed by atoms with E-state index in [1.807, 2.05) is 0 Å². The van der Waals surface area contributed by atoms with Crippen molar-refractivity contribution in [3.8, 4) is 0 Å². The molecule has 0 aromatic heterocycles. The summed E-state index contributed by atoms with van der Waals surface area (Å²) in [4.78, 5) is 17.0. The fraction of sp³-hybridized carbons (Fsp3) is 0.941. The van der Waals surface area contributed by atoms with Crippen LogP contribution in [0.4, 0.5) is 0 Å². The Kier molecular flexibility index (Phi) is 7.57. The number of hydrogen-bond donors (Lipinski definition) is 0. The van der Waals surface area contributed by atoms with Crippen LogP contribution in [0.3, 0.4) is 0 Å². The van der Waals surface area contributed by atoms with Crippen molar-refractivity contribution < 1.29 is 4.79 Å². The third-order valence-electron chi connectivity index (χ3n) is 3.92. The number of carbonyl (C=O) groups excluding carboxylic acids is 1. The summed E-state index contributed by atoms with van der Waals surface area (Å²) in [6.45, 7) is 14.2. The van der Waals surface area contributed by atoms with Crippen LogP contribution in [-0.4, -0.2) is 48.4 Å². The van der Waals surface area contributed by atoms with Gasteiger partial charge in [-0.3, -0.25) is 4.79 Å². The van der Waals surface area contributed by atoms with Gasteiger partial charge >= 0.3 is 0 Å². The van der Waals surface area contributed by atoms with E-state index in [1.54, 1.807) is 0 Å². The summed E-state index contributed by atoms with van der Waals surface area (Å²) in [5, 5.41) is 0. The van der Waals surface area contributed by atoms with Crippen LogP contribution < -0.4 is 0 Å². The average molecular weight is 282 g/mol. The van der Waals surface area contributed by atoms with Crippen LogP contribution in [0, 0.1) is 5.41 Å². The second-order valence-corrected chi connectivity index (χ2v) is 7.37. The first-order valence-electron chi connectivity index (χ1n) is 8.42. The molecule has 20 heavy (non-hydrogen) atoms. The van der Waals surface area contributed by atoms with Crippen molar-refractivity contribution in [1.29, 1.82) is 0 Å². The van der Waals surface area contributed by atoms with Gasteiger partial charge in [0.2, 0.25) is 5.91 Å². The molecule has 0 aromatic rings. The van der Waals surface area contributed by atoms with Crippen molar-refractivity contribution in [1.82, 2.24) is 9.80 Å². The third-order valence-corrected chi connectivity index (χ3v) is 3.92. The first-order valence-corrected chi connectivity index (χ1v) is 8.42. The van der Waals surface area contributed by atoms with Crippen LogP contribution in [0.2, 0.25) is 0 Å². The molecule has 1 fully saturated rings. The molecule has 0 bridgehead atoms. The quantitative estimate of drug-likeness (QED) is 0.680. The van der Waals surface area contributed by atoms with Gasteiger partial charge in [0, 0.05) is 19.5 Å². The predicted molar refractivity (Wildman–Crippen MR) is 85.9 cm³/mol. The Balaban J connectivity index is 2.35. The van der Waals surface area contributed by atoms with E-state index in [1.165, 1.54) is 25.9 Å². The van der Waals surface area contributed by atoms with Crippen molar-refractivity contribution in [2.45, 2.75) is 66.2 Å². The fourth-order valence-electron chi connectivity index (χ4n) is 2.77. The minimum absolute atomic E-state index is 0.0938. The topological polar surface area (TPSA) is 23.6 Å². The average Bonchev–Trinajstić information content (AvgIpc) is 2.84. The minimum Gasteiger partial charge on any atom is -0.343 e. The van der Waals surface area contributed by atoms with E-state index in [0.717, 1.165) is 38.9 Å². The maximum absolute atomic E-state index is 12.4. The number of likely N-dealkylation sites (tertiary alicyclic amines) is 1. The van der Waals surface area contributed by atoms with E-state index in [2.05, 4.69) is 37.5 Å². The zero-order valence-corrected chi connectivity index (χ0v) is 14.1. The summed E-state index contributed by atoms with van der Waals surface area (Å²) in [6.07, 6.45) is 6.77. The molecule has 118 valence electrons. The van der Waals surface area contributed by atoms with Gasteiger partial charge < -0.3 is 9.80 Å². The van der Waals surface area contributed by atoms with Gasteiger partial charge in [-0.1, -0.05) is 34.1 Å². The highest BCUT2D eigenvalue weighted by Crippen LogP contribution is 2.20. The van der Waals surface area contributed by atoms with Gasteiger partial charge in [-0.2, -0.15) is 0 Å². The van der Waals surface area contributed by atoms with E-state index in [9.17, 15) is 4.79 Å². The van der Waals surface area contributed by atoms with Crippen molar-refractivity contribution in [2.24, 2.45) is 5.41 Å². The highest BCUT2D eigenvalue weighted by molar-refractivity contribution is 5.76. The molecule has 0 N–H and O–H groups in total.